The first kappa shape index (κ1) is 29.1. The van der Waals surface area contributed by atoms with E-state index in [0.29, 0.717) is 18.5 Å². The Kier molecular flexibility index (Phi) is 8.95. The number of rotatable bonds is 10. The van der Waals surface area contributed by atoms with Crippen molar-refractivity contribution >= 4 is 54.1 Å². The fourth-order valence-electron chi connectivity index (χ4n) is 5.32. The summed E-state index contributed by atoms with van der Waals surface area (Å²) in [5.74, 6) is 1.90. The minimum absolute atomic E-state index is 0.364. The number of unbranched alkanes of at least 4 members (excludes halogenated alkanes) is 1. The van der Waals surface area contributed by atoms with Crippen LogP contribution in [0.1, 0.15) is 24.6 Å². The molecule has 3 N–H and O–H groups in total. The van der Waals surface area contributed by atoms with Gasteiger partial charge in [-0.2, -0.15) is 0 Å². The first-order valence-corrected chi connectivity index (χ1v) is 19.1. The van der Waals surface area contributed by atoms with Crippen LogP contribution in [0.3, 0.4) is 0 Å². The van der Waals surface area contributed by atoms with Crippen molar-refractivity contribution in [3.63, 3.8) is 0 Å². The van der Waals surface area contributed by atoms with Gasteiger partial charge >= 0.3 is 227 Å². The van der Waals surface area contributed by atoms with Crippen LogP contribution in [0.5, 0.6) is 5.75 Å². The molecule has 0 saturated heterocycles. The Balaban J connectivity index is 1.30. The monoisotopic (exact) mass is 677 g/mol. The zero-order valence-electron chi connectivity index (χ0n) is 23.5. The minimum atomic E-state index is -2.74. The normalized spacial score (nSPS) is 16.0. The van der Waals surface area contributed by atoms with Crippen molar-refractivity contribution < 1.29 is 4.74 Å². The minimum Gasteiger partial charge on any atom is -0.370 e. The maximum atomic E-state index is 6.19. The first-order valence-electron chi connectivity index (χ1n) is 13.9. The maximum absolute atomic E-state index is 6.19. The van der Waals surface area contributed by atoms with E-state index in [0.717, 1.165) is 30.3 Å². The van der Waals surface area contributed by atoms with Crippen LogP contribution in [0.4, 0.5) is 0 Å². The fourth-order valence-corrected chi connectivity index (χ4v) is 14.1. The van der Waals surface area contributed by atoms with Crippen molar-refractivity contribution in [2.75, 3.05) is 26.9 Å². The number of aliphatic imine (C=N–C) groups is 2. The second-order valence-electron chi connectivity index (χ2n) is 10.4. The summed E-state index contributed by atoms with van der Waals surface area (Å²) in [7, 11) is 3.84. The Morgan fingerprint density at radius 3 is 1.76 bits per heavy atom. The molecule has 0 aliphatic carbocycles. The Morgan fingerprint density at radius 1 is 0.756 bits per heavy atom. The van der Waals surface area contributed by atoms with E-state index in [9.17, 15) is 0 Å². The van der Waals surface area contributed by atoms with E-state index < -0.39 is 4.25 Å². The zero-order chi connectivity index (χ0) is 28.7. The number of nitrogens with two attached hydrogens (primary N) is 1. The summed E-state index contributed by atoms with van der Waals surface area (Å²) in [4.78, 5) is 11.0. The molecule has 1 aliphatic heterocycles. The van der Waals surface area contributed by atoms with Crippen molar-refractivity contribution in [3.8, 4) is 5.75 Å². The number of hydrogen-bond acceptors (Lipinski definition) is 6. The van der Waals surface area contributed by atoms with Gasteiger partial charge in [0.05, 0.1) is 0 Å². The summed E-state index contributed by atoms with van der Waals surface area (Å²) in [5.41, 5.74) is 6.94. The predicted octanol–water partition coefficient (Wildman–Crippen LogP) is 5.56. The van der Waals surface area contributed by atoms with E-state index in [1.165, 1.54) is 15.9 Å². The molecule has 1 aliphatic rings. The molecule has 0 spiro atoms. The smallest absolute Gasteiger partial charge is 0.370 e. The molecule has 5 rings (SSSR count). The van der Waals surface area contributed by atoms with Crippen LogP contribution in [0.25, 0.3) is 0 Å². The number of hydrogen-bond donors (Lipinski definition) is 2. The molecule has 0 fully saturated rings. The molecule has 1 atom stereocenters. The molecule has 0 saturated carbocycles. The average Bonchev–Trinajstić information content (AvgIpc) is 3.02. The molecule has 212 valence electrons. The van der Waals surface area contributed by atoms with Crippen molar-refractivity contribution in [1.29, 1.82) is 0 Å². The number of nitrogens with zero attached hydrogens (tertiary/aromatic N) is 3. The van der Waals surface area contributed by atoms with Crippen LogP contribution in [-0.2, 0) is 0 Å². The molecule has 0 aromatic heterocycles. The van der Waals surface area contributed by atoms with Crippen LogP contribution in [0.15, 0.2) is 125 Å². The molecule has 0 radical (unpaired) electrons. The Morgan fingerprint density at radius 2 is 1.27 bits per heavy atom. The van der Waals surface area contributed by atoms with Crippen LogP contribution in [0, 0.1) is 0 Å². The second kappa shape index (κ2) is 12.6. The summed E-state index contributed by atoms with van der Waals surface area (Å²) >= 11 is 2.85. The molecule has 0 amide bonds. The van der Waals surface area contributed by atoms with E-state index in [4.69, 9.17) is 10.5 Å². The van der Waals surface area contributed by atoms with Gasteiger partial charge in [-0.15, -0.1) is 0 Å². The van der Waals surface area contributed by atoms with E-state index in [1.807, 2.05) is 43.3 Å². The van der Waals surface area contributed by atoms with Gasteiger partial charge < -0.3 is 10.6 Å². The number of ether oxygens (including phenoxy) is 1. The number of benzene rings is 4. The Bertz CT molecular complexity index is 1400. The summed E-state index contributed by atoms with van der Waals surface area (Å²) in [6, 6.07) is 41.2. The summed E-state index contributed by atoms with van der Waals surface area (Å²) < 4.78 is 3.44. The summed E-state index contributed by atoms with van der Waals surface area (Å²) in [5, 5.41) is 7.23. The Labute approximate surface area is 256 Å². The Hall–Kier alpha value is -3.42. The van der Waals surface area contributed by atoms with Crippen LogP contribution in [0.2, 0.25) is 0 Å². The van der Waals surface area contributed by atoms with Gasteiger partial charge in [-0.1, -0.05) is 0 Å². The third-order valence-electron chi connectivity index (χ3n) is 7.47. The molecular formula is C33H37IN5OP. The van der Waals surface area contributed by atoms with E-state index in [1.54, 1.807) is 0 Å². The molecule has 41 heavy (non-hydrogen) atoms. The standard InChI is InChI=1S/C33H37IN5OP/c1-39(2)33-37-31(36-32(35)38-33)26-20-22-27(23-21-26)40-24-12-13-25-41(34,28-14-6-3-7-15-28,29-16-8-4-9-17-29)30-18-10-5-11-19-30/h3-11,14-23,31H,12-13,24-25H2,1-2H3,(H3,35,36,37,38). The van der Waals surface area contributed by atoms with Gasteiger partial charge in [0.25, 0.3) is 0 Å². The van der Waals surface area contributed by atoms with E-state index in [2.05, 4.69) is 128 Å². The van der Waals surface area contributed by atoms with Gasteiger partial charge in [0, 0.05) is 14.1 Å². The SMILES string of the molecule is CN(C)C1=NC(c2ccc(OCCCCP(I)(c3ccccc3)(c3ccccc3)c3ccccc3)cc2)N=C(N)N1. The van der Waals surface area contributed by atoms with Crippen LogP contribution < -0.4 is 31.7 Å². The van der Waals surface area contributed by atoms with E-state index in [-0.39, 0.29) is 6.17 Å². The molecule has 1 unspecified atom stereocenters. The van der Waals surface area contributed by atoms with Crippen molar-refractivity contribution in [2.24, 2.45) is 15.7 Å². The number of halogens is 1. The van der Waals surface area contributed by atoms with Crippen molar-refractivity contribution in [2.45, 2.75) is 19.0 Å². The summed E-state index contributed by atoms with van der Waals surface area (Å²) in [6.07, 6.45) is 2.70. The molecule has 4 aromatic carbocycles. The number of guanidine groups is 2. The first-order chi connectivity index (χ1) is 19.9. The summed E-state index contributed by atoms with van der Waals surface area (Å²) in [6.45, 7) is 0.655. The molecule has 4 aromatic rings. The third kappa shape index (κ3) is 6.11. The van der Waals surface area contributed by atoms with Gasteiger partial charge in [0.15, 0.2) is 0 Å². The van der Waals surface area contributed by atoms with Gasteiger partial charge in [0.1, 0.15) is 0 Å². The quantitative estimate of drug-likeness (QED) is 0.131. The van der Waals surface area contributed by atoms with Gasteiger partial charge in [-0.05, 0) is 0 Å². The van der Waals surface area contributed by atoms with Gasteiger partial charge in [0.2, 0.25) is 0 Å². The van der Waals surface area contributed by atoms with Crippen LogP contribution in [-0.4, -0.2) is 43.7 Å². The molecule has 6 nitrogen and oxygen atoms in total. The fraction of sp³-hybridized carbons (Fsp3) is 0.212. The third-order valence-corrected chi connectivity index (χ3v) is 19.2. The second-order valence-corrected chi connectivity index (χ2v) is 21.1. The average molecular weight is 678 g/mol. The molecular weight excluding hydrogens is 640 g/mol. The van der Waals surface area contributed by atoms with Gasteiger partial charge in [-0.25, -0.2) is 0 Å². The zero-order valence-corrected chi connectivity index (χ0v) is 26.6. The van der Waals surface area contributed by atoms with Crippen molar-refractivity contribution in [1.82, 2.24) is 10.2 Å². The van der Waals surface area contributed by atoms with Crippen LogP contribution >= 0.6 is 26.3 Å². The predicted molar refractivity (Wildman–Crippen MR) is 184 cm³/mol. The number of nitrogens with one attached hydrogen (secondary N) is 1. The topological polar surface area (TPSA) is 75.2 Å². The molecule has 1 heterocycles. The van der Waals surface area contributed by atoms with Gasteiger partial charge in [-0.3, -0.25) is 5.32 Å². The molecule has 0 bridgehead atoms. The van der Waals surface area contributed by atoms with Crippen molar-refractivity contribution in [3.05, 3.63) is 121 Å². The van der Waals surface area contributed by atoms with E-state index >= 15 is 0 Å². The molecule has 8 heteroatoms.